The maximum atomic E-state index is 12.3. The summed E-state index contributed by atoms with van der Waals surface area (Å²) in [7, 11) is 0. The lowest BCUT2D eigenvalue weighted by Gasteiger charge is -2.44. The van der Waals surface area contributed by atoms with Crippen molar-refractivity contribution < 1.29 is 4.79 Å². The van der Waals surface area contributed by atoms with Crippen LogP contribution < -0.4 is 5.32 Å². The van der Waals surface area contributed by atoms with Gasteiger partial charge in [-0.05, 0) is 30.9 Å². The van der Waals surface area contributed by atoms with E-state index in [1.54, 1.807) is 0 Å². The Morgan fingerprint density at radius 1 is 1.38 bits per heavy atom. The zero-order valence-corrected chi connectivity index (χ0v) is 9.44. The number of nitrogens with zero attached hydrogens (tertiary/aromatic N) is 1. The molecule has 0 saturated carbocycles. The highest BCUT2D eigenvalue weighted by atomic mass is 16.2. The summed E-state index contributed by atoms with van der Waals surface area (Å²) in [5.74, 6) is 0.719. The van der Waals surface area contributed by atoms with Crippen molar-refractivity contribution in [2.24, 2.45) is 5.92 Å². The van der Waals surface area contributed by atoms with Crippen molar-refractivity contribution in [2.75, 3.05) is 11.9 Å². The molecule has 16 heavy (non-hydrogen) atoms. The molecule has 2 aliphatic heterocycles. The summed E-state index contributed by atoms with van der Waals surface area (Å²) in [5, 5.41) is 3.48. The first kappa shape index (κ1) is 9.70. The number of anilines is 1. The first-order valence-electron chi connectivity index (χ1n) is 5.94. The molecule has 1 fully saturated rings. The molecule has 1 amide bonds. The fourth-order valence-corrected chi connectivity index (χ4v) is 2.75. The number of nitrogens with one attached hydrogen (secondary N) is 1. The molecule has 0 bridgehead atoms. The molecule has 0 unspecified atom stereocenters. The van der Waals surface area contributed by atoms with Gasteiger partial charge in [0, 0.05) is 12.2 Å². The van der Waals surface area contributed by atoms with Crippen LogP contribution in [0.25, 0.3) is 0 Å². The molecule has 1 aromatic carbocycles. The van der Waals surface area contributed by atoms with Gasteiger partial charge in [0.15, 0.2) is 0 Å². The van der Waals surface area contributed by atoms with Gasteiger partial charge < -0.3 is 10.2 Å². The quantitative estimate of drug-likeness (QED) is 0.721. The predicted molar refractivity (Wildman–Crippen MR) is 63.3 cm³/mol. The van der Waals surface area contributed by atoms with E-state index in [0.717, 1.165) is 24.2 Å². The molecule has 0 aliphatic carbocycles. The number of carbonyl (C=O) groups excluding carboxylic acids is 1. The summed E-state index contributed by atoms with van der Waals surface area (Å²) < 4.78 is 0. The van der Waals surface area contributed by atoms with Crippen LogP contribution in [0, 0.1) is 5.92 Å². The van der Waals surface area contributed by atoms with Crippen LogP contribution in [0.5, 0.6) is 0 Å². The van der Waals surface area contributed by atoms with Crippen molar-refractivity contribution in [3.8, 4) is 0 Å². The Labute approximate surface area is 95.4 Å². The largest absolute Gasteiger partial charge is 0.364 e. The molecule has 3 rings (SSSR count). The van der Waals surface area contributed by atoms with E-state index in [0.29, 0.717) is 5.92 Å². The minimum absolute atomic E-state index is 0.186. The second-order valence-corrected chi connectivity index (χ2v) is 4.75. The average Bonchev–Trinajstić information content (AvgIpc) is 2.31. The van der Waals surface area contributed by atoms with Gasteiger partial charge in [-0.1, -0.05) is 19.1 Å². The lowest BCUT2D eigenvalue weighted by Crippen LogP contribution is -2.54. The number of piperidine rings is 1. The molecule has 2 heterocycles. The van der Waals surface area contributed by atoms with Gasteiger partial charge in [-0.15, -0.1) is 0 Å². The normalized spacial score (nSPS) is 28.1. The van der Waals surface area contributed by atoms with Crippen LogP contribution in [0.3, 0.4) is 0 Å². The molecule has 3 heteroatoms. The number of rotatable bonds is 0. The molecular weight excluding hydrogens is 200 g/mol. The third kappa shape index (κ3) is 1.31. The van der Waals surface area contributed by atoms with Crippen molar-refractivity contribution in [1.82, 2.24) is 4.90 Å². The summed E-state index contributed by atoms with van der Waals surface area (Å²) in [4.78, 5) is 14.3. The molecule has 0 aromatic heterocycles. The molecule has 1 aromatic rings. The second-order valence-electron chi connectivity index (χ2n) is 4.75. The summed E-state index contributed by atoms with van der Waals surface area (Å²) in [5.41, 5.74) is 1.80. The predicted octanol–water partition coefficient (Wildman–Crippen LogP) is 2.31. The van der Waals surface area contributed by atoms with Gasteiger partial charge >= 0.3 is 0 Å². The molecule has 2 aliphatic rings. The summed E-state index contributed by atoms with van der Waals surface area (Å²) in [6.45, 7) is 3.10. The van der Waals surface area contributed by atoms with Crippen molar-refractivity contribution in [3.05, 3.63) is 29.8 Å². The van der Waals surface area contributed by atoms with Crippen molar-refractivity contribution in [3.63, 3.8) is 0 Å². The molecule has 3 nitrogen and oxygen atoms in total. The highest BCUT2D eigenvalue weighted by Crippen LogP contribution is 2.32. The van der Waals surface area contributed by atoms with Crippen LogP contribution >= 0.6 is 0 Å². The molecule has 1 N–H and O–H groups in total. The molecule has 0 radical (unpaired) electrons. The summed E-state index contributed by atoms with van der Waals surface area (Å²) in [6, 6.07) is 7.79. The van der Waals surface area contributed by atoms with Crippen LogP contribution in [0.1, 0.15) is 30.1 Å². The Balaban J connectivity index is 2.03. The van der Waals surface area contributed by atoms with E-state index >= 15 is 0 Å². The van der Waals surface area contributed by atoms with Crippen LogP contribution in [-0.2, 0) is 0 Å². The molecule has 84 valence electrons. The van der Waals surface area contributed by atoms with Crippen molar-refractivity contribution in [2.45, 2.75) is 25.9 Å². The van der Waals surface area contributed by atoms with Gasteiger partial charge in [-0.2, -0.15) is 0 Å². The molecule has 2 atom stereocenters. The lowest BCUT2D eigenvalue weighted by molar-refractivity contribution is 0.0544. The fourth-order valence-electron chi connectivity index (χ4n) is 2.75. The number of hydrogen-bond acceptors (Lipinski definition) is 2. The van der Waals surface area contributed by atoms with Crippen LogP contribution in [0.15, 0.2) is 24.3 Å². The molecular formula is C13H16N2O. The Morgan fingerprint density at radius 3 is 3.06 bits per heavy atom. The Morgan fingerprint density at radius 2 is 2.19 bits per heavy atom. The standard InChI is InChI=1S/C13H16N2O/c1-9-5-4-8-15-12(9)14-11-7-3-2-6-10(11)13(15)16/h2-3,6-7,9,12,14H,4-5,8H2,1H3/t9-,12+/m0/s1. The third-order valence-corrected chi connectivity index (χ3v) is 3.65. The Bertz CT molecular complexity index is 430. The molecule has 0 spiro atoms. The van der Waals surface area contributed by atoms with E-state index in [1.165, 1.54) is 6.42 Å². The lowest BCUT2D eigenvalue weighted by atomic mass is 9.92. The van der Waals surface area contributed by atoms with Gasteiger partial charge in [-0.3, -0.25) is 4.79 Å². The summed E-state index contributed by atoms with van der Waals surface area (Å²) in [6.07, 6.45) is 2.51. The van der Waals surface area contributed by atoms with Crippen molar-refractivity contribution in [1.29, 1.82) is 0 Å². The smallest absolute Gasteiger partial charge is 0.257 e. The highest BCUT2D eigenvalue weighted by molar-refractivity contribution is 6.01. The van der Waals surface area contributed by atoms with E-state index in [2.05, 4.69) is 12.2 Å². The minimum Gasteiger partial charge on any atom is -0.364 e. The number of carbonyl (C=O) groups is 1. The Hall–Kier alpha value is -1.51. The van der Waals surface area contributed by atoms with Gasteiger partial charge in [0.05, 0.1) is 5.56 Å². The number of para-hydroxylation sites is 1. The van der Waals surface area contributed by atoms with Gasteiger partial charge in [-0.25, -0.2) is 0 Å². The van der Waals surface area contributed by atoms with Gasteiger partial charge in [0.1, 0.15) is 6.17 Å². The van der Waals surface area contributed by atoms with Crippen LogP contribution in [0.4, 0.5) is 5.69 Å². The monoisotopic (exact) mass is 216 g/mol. The van der Waals surface area contributed by atoms with E-state index in [9.17, 15) is 4.79 Å². The summed E-state index contributed by atoms with van der Waals surface area (Å²) >= 11 is 0. The van der Waals surface area contributed by atoms with Crippen LogP contribution in [-0.4, -0.2) is 23.5 Å². The van der Waals surface area contributed by atoms with Crippen LogP contribution in [0.2, 0.25) is 0 Å². The maximum Gasteiger partial charge on any atom is 0.257 e. The number of fused-ring (bicyclic) bond motifs is 2. The van der Waals surface area contributed by atoms with Gasteiger partial charge in [0.2, 0.25) is 0 Å². The maximum absolute atomic E-state index is 12.3. The van der Waals surface area contributed by atoms with E-state index in [-0.39, 0.29) is 12.1 Å². The second kappa shape index (κ2) is 3.51. The SMILES string of the molecule is C[C@H]1CCCN2C(=O)c3ccccc3N[C@@H]12. The van der Waals surface area contributed by atoms with E-state index < -0.39 is 0 Å². The van der Waals surface area contributed by atoms with E-state index in [4.69, 9.17) is 0 Å². The topological polar surface area (TPSA) is 32.3 Å². The molecule has 1 saturated heterocycles. The zero-order valence-electron chi connectivity index (χ0n) is 9.44. The van der Waals surface area contributed by atoms with E-state index in [1.807, 2.05) is 29.2 Å². The number of hydrogen-bond donors (Lipinski definition) is 1. The van der Waals surface area contributed by atoms with Gasteiger partial charge in [0.25, 0.3) is 5.91 Å². The zero-order chi connectivity index (χ0) is 11.1. The first-order chi connectivity index (χ1) is 7.77. The minimum atomic E-state index is 0.186. The highest BCUT2D eigenvalue weighted by Gasteiger charge is 2.36. The van der Waals surface area contributed by atoms with Crippen molar-refractivity contribution >= 4 is 11.6 Å². The number of benzene rings is 1. The Kier molecular flexibility index (Phi) is 2.13. The average molecular weight is 216 g/mol. The fraction of sp³-hybridized carbons (Fsp3) is 0.462. The third-order valence-electron chi connectivity index (χ3n) is 3.65. The number of amides is 1. The first-order valence-corrected chi connectivity index (χ1v) is 5.94.